The van der Waals surface area contributed by atoms with E-state index in [4.69, 9.17) is 5.73 Å². The molecule has 16 heavy (non-hydrogen) atoms. The van der Waals surface area contributed by atoms with Gasteiger partial charge in [0.25, 0.3) is 0 Å². The zero-order valence-electron chi connectivity index (χ0n) is 10.2. The number of rotatable bonds is 3. The third kappa shape index (κ3) is 2.76. The molecule has 4 heteroatoms. The van der Waals surface area contributed by atoms with Gasteiger partial charge in [-0.15, -0.1) is 0 Å². The zero-order valence-corrected chi connectivity index (χ0v) is 10.2. The summed E-state index contributed by atoms with van der Waals surface area (Å²) in [4.78, 5) is 6.91. The van der Waals surface area contributed by atoms with Gasteiger partial charge >= 0.3 is 0 Å². The second-order valence-corrected chi connectivity index (χ2v) is 4.56. The fourth-order valence-electron chi connectivity index (χ4n) is 2.37. The number of nitrogens with zero attached hydrogens (tertiary/aromatic N) is 3. The number of imidazole rings is 1. The topological polar surface area (TPSA) is 47.1 Å². The standard InChI is InChI=1S/C12H22N4/c1-2-16-9-11(13)14-12(16)10-15-7-5-3-4-6-8-15/h9H,2-8,10,13H2,1H3. The molecule has 1 fully saturated rings. The van der Waals surface area contributed by atoms with Crippen molar-refractivity contribution in [3.05, 3.63) is 12.0 Å². The molecular weight excluding hydrogens is 200 g/mol. The van der Waals surface area contributed by atoms with Crippen LogP contribution in [0.5, 0.6) is 0 Å². The van der Waals surface area contributed by atoms with Gasteiger partial charge in [0.15, 0.2) is 0 Å². The van der Waals surface area contributed by atoms with E-state index >= 15 is 0 Å². The lowest BCUT2D eigenvalue weighted by Crippen LogP contribution is -2.25. The van der Waals surface area contributed by atoms with Gasteiger partial charge in [0.2, 0.25) is 0 Å². The molecule has 0 atom stereocenters. The van der Waals surface area contributed by atoms with Crippen LogP contribution in [0.2, 0.25) is 0 Å². The van der Waals surface area contributed by atoms with Gasteiger partial charge in [0, 0.05) is 12.7 Å². The highest BCUT2D eigenvalue weighted by Gasteiger charge is 2.12. The van der Waals surface area contributed by atoms with Gasteiger partial charge in [0.1, 0.15) is 11.6 Å². The van der Waals surface area contributed by atoms with Crippen LogP contribution in [0.15, 0.2) is 6.20 Å². The molecule has 2 rings (SSSR count). The van der Waals surface area contributed by atoms with Crippen LogP contribution in [-0.2, 0) is 13.1 Å². The smallest absolute Gasteiger partial charge is 0.141 e. The van der Waals surface area contributed by atoms with Crippen molar-refractivity contribution in [2.24, 2.45) is 0 Å². The van der Waals surface area contributed by atoms with E-state index in [1.807, 2.05) is 6.20 Å². The maximum absolute atomic E-state index is 5.74. The van der Waals surface area contributed by atoms with Crippen LogP contribution in [0.1, 0.15) is 38.4 Å². The minimum Gasteiger partial charge on any atom is -0.382 e. The summed E-state index contributed by atoms with van der Waals surface area (Å²) in [5.74, 6) is 1.76. The normalized spacial score (nSPS) is 18.6. The lowest BCUT2D eigenvalue weighted by molar-refractivity contribution is 0.266. The second kappa shape index (κ2) is 5.34. The van der Waals surface area contributed by atoms with Crippen LogP contribution in [0, 0.1) is 0 Å². The van der Waals surface area contributed by atoms with Crippen molar-refractivity contribution >= 4 is 5.82 Å². The summed E-state index contributed by atoms with van der Waals surface area (Å²) in [6.45, 7) is 6.44. The van der Waals surface area contributed by atoms with Crippen LogP contribution >= 0.6 is 0 Å². The van der Waals surface area contributed by atoms with Gasteiger partial charge in [-0.25, -0.2) is 4.98 Å². The average Bonchev–Trinajstić information content (AvgIpc) is 2.49. The molecule has 0 aromatic carbocycles. The second-order valence-electron chi connectivity index (χ2n) is 4.56. The number of aryl methyl sites for hydroxylation is 1. The van der Waals surface area contributed by atoms with E-state index in [9.17, 15) is 0 Å². The molecule has 90 valence electrons. The van der Waals surface area contributed by atoms with E-state index in [1.54, 1.807) is 0 Å². The first-order valence-corrected chi connectivity index (χ1v) is 6.33. The Bertz CT molecular complexity index is 324. The Hall–Kier alpha value is -1.03. The molecule has 0 unspecified atom stereocenters. The summed E-state index contributed by atoms with van der Waals surface area (Å²) in [6, 6.07) is 0. The number of nitrogens with two attached hydrogens (primary N) is 1. The number of anilines is 1. The number of hydrogen-bond donors (Lipinski definition) is 1. The molecule has 0 bridgehead atoms. The maximum Gasteiger partial charge on any atom is 0.141 e. The Morgan fingerprint density at radius 1 is 1.25 bits per heavy atom. The molecule has 1 aliphatic rings. The predicted molar refractivity (Wildman–Crippen MR) is 66.1 cm³/mol. The molecule has 2 heterocycles. The molecule has 1 aliphatic heterocycles. The van der Waals surface area contributed by atoms with E-state index in [2.05, 4.69) is 21.4 Å². The van der Waals surface area contributed by atoms with Crippen molar-refractivity contribution in [2.45, 2.75) is 45.7 Å². The van der Waals surface area contributed by atoms with Crippen molar-refractivity contribution in [3.63, 3.8) is 0 Å². The summed E-state index contributed by atoms with van der Waals surface area (Å²) in [5, 5.41) is 0. The Morgan fingerprint density at radius 3 is 2.56 bits per heavy atom. The fourth-order valence-corrected chi connectivity index (χ4v) is 2.37. The molecule has 1 saturated heterocycles. The largest absolute Gasteiger partial charge is 0.382 e. The first kappa shape index (κ1) is 11.5. The Balaban J connectivity index is 2.01. The summed E-state index contributed by atoms with van der Waals surface area (Å²) in [5.41, 5.74) is 5.74. The first-order valence-electron chi connectivity index (χ1n) is 6.33. The number of hydrogen-bond acceptors (Lipinski definition) is 3. The first-order chi connectivity index (χ1) is 7.79. The number of nitrogen functional groups attached to an aromatic ring is 1. The molecule has 4 nitrogen and oxygen atoms in total. The molecule has 0 aliphatic carbocycles. The average molecular weight is 222 g/mol. The highest BCUT2D eigenvalue weighted by Crippen LogP contribution is 2.13. The summed E-state index contributed by atoms with van der Waals surface area (Å²) in [7, 11) is 0. The van der Waals surface area contributed by atoms with Gasteiger partial charge in [-0.2, -0.15) is 0 Å². The fraction of sp³-hybridized carbons (Fsp3) is 0.750. The maximum atomic E-state index is 5.74. The molecular formula is C12H22N4. The minimum absolute atomic E-state index is 0.645. The molecule has 0 saturated carbocycles. The lowest BCUT2D eigenvalue weighted by atomic mass is 10.2. The predicted octanol–water partition coefficient (Wildman–Crippen LogP) is 1.86. The van der Waals surface area contributed by atoms with E-state index in [0.717, 1.165) is 18.9 Å². The van der Waals surface area contributed by atoms with Crippen molar-refractivity contribution in [3.8, 4) is 0 Å². The number of aromatic nitrogens is 2. The molecule has 1 aromatic heterocycles. The van der Waals surface area contributed by atoms with Crippen molar-refractivity contribution < 1.29 is 0 Å². The molecule has 0 radical (unpaired) electrons. The Labute approximate surface area is 97.4 Å². The van der Waals surface area contributed by atoms with Gasteiger partial charge in [0.05, 0.1) is 6.54 Å². The molecule has 0 amide bonds. The van der Waals surface area contributed by atoms with Crippen LogP contribution in [-0.4, -0.2) is 27.5 Å². The van der Waals surface area contributed by atoms with E-state index in [0.29, 0.717) is 5.82 Å². The van der Waals surface area contributed by atoms with E-state index < -0.39 is 0 Å². The summed E-state index contributed by atoms with van der Waals surface area (Å²) in [6.07, 6.45) is 7.33. The monoisotopic (exact) mass is 222 g/mol. The van der Waals surface area contributed by atoms with E-state index in [-0.39, 0.29) is 0 Å². The number of likely N-dealkylation sites (tertiary alicyclic amines) is 1. The van der Waals surface area contributed by atoms with Crippen molar-refractivity contribution in [2.75, 3.05) is 18.8 Å². The van der Waals surface area contributed by atoms with Gasteiger partial charge < -0.3 is 10.3 Å². The molecule has 0 spiro atoms. The molecule has 1 aromatic rings. The summed E-state index contributed by atoms with van der Waals surface area (Å²) < 4.78 is 2.15. The minimum atomic E-state index is 0.645. The van der Waals surface area contributed by atoms with Crippen molar-refractivity contribution in [1.29, 1.82) is 0 Å². The van der Waals surface area contributed by atoms with Crippen LogP contribution in [0.3, 0.4) is 0 Å². The van der Waals surface area contributed by atoms with Gasteiger partial charge in [-0.05, 0) is 32.9 Å². The Morgan fingerprint density at radius 2 is 1.94 bits per heavy atom. The van der Waals surface area contributed by atoms with Crippen LogP contribution in [0.25, 0.3) is 0 Å². The molecule has 2 N–H and O–H groups in total. The zero-order chi connectivity index (χ0) is 11.4. The lowest BCUT2D eigenvalue weighted by Gasteiger charge is -2.19. The third-order valence-electron chi connectivity index (χ3n) is 3.28. The SMILES string of the molecule is CCn1cc(N)nc1CN1CCCCCC1. The van der Waals surface area contributed by atoms with Gasteiger partial charge in [-0.3, -0.25) is 4.90 Å². The Kier molecular flexibility index (Phi) is 3.83. The van der Waals surface area contributed by atoms with E-state index in [1.165, 1.54) is 38.8 Å². The quantitative estimate of drug-likeness (QED) is 0.849. The highest BCUT2D eigenvalue weighted by atomic mass is 15.2. The third-order valence-corrected chi connectivity index (χ3v) is 3.28. The highest BCUT2D eigenvalue weighted by molar-refractivity contribution is 5.25. The summed E-state index contributed by atoms with van der Waals surface area (Å²) >= 11 is 0. The van der Waals surface area contributed by atoms with Crippen LogP contribution < -0.4 is 5.73 Å². The van der Waals surface area contributed by atoms with Crippen molar-refractivity contribution in [1.82, 2.24) is 14.5 Å². The van der Waals surface area contributed by atoms with Crippen LogP contribution in [0.4, 0.5) is 5.82 Å². The van der Waals surface area contributed by atoms with Gasteiger partial charge in [-0.1, -0.05) is 12.8 Å².